The number of nitrogens with zero attached hydrogens (tertiary/aromatic N) is 2. The van der Waals surface area contributed by atoms with Crippen LogP contribution in [0, 0.1) is 5.82 Å². The van der Waals surface area contributed by atoms with E-state index in [1.807, 2.05) is 0 Å². The van der Waals surface area contributed by atoms with Crippen LogP contribution in [0.25, 0.3) is 0 Å². The first-order valence-electron chi connectivity index (χ1n) is 5.94. The van der Waals surface area contributed by atoms with Gasteiger partial charge in [0.2, 0.25) is 5.88 Å². The van der Waals surface area contributed by atoms with Crippen LogP contribution in [0.15, 0.2) is 36.7 Å². The van der Waals surface area contributed by atoms with Crippen molar-refractivity contribution in [3.8, 4) is 5.88 Å². The number of hydrogen-bond acceptors (Lipinski definition) is 4. The molecule has 1 heterocycles. The highest BCUT2D eigenvalue weighted by Gasteiger charge is 2.24. The Morgan fingerprint density at radius 1 is 1.40 bits per heavy atom. The number of ether oxygens (including phenoxy) is 1. The number of methoxy groups -OCH3 is 1. The molecule has 20 heavy (non-hydrogen) atoms. The molecule has 2 aromatic rings. The van der Waals surface area contributed by atoms with Crippen LogP contribution < -0.4 is 4.74 Å². The number of carboxylic acid groups (broad SMARTS) is 1. The minimum absolute atomic E-state index is 0.00382. The molecule has 2 rings (SSSR count). The predicted octanol–water partition coefficient (Wildman–Crippen LogP) is 2.04. The summed E-state index contributed by atoms with van der Waals surface area (Å²) in [4.78, 5) is 19.3. The Morgan fingerprint density at radius 2 is 2.15 bits per heavy atom. The SMILES string of the molecule is COc1cncc(C(Cc2ccccc2F)C(=O)O)n1. The zero-order valence-electron chi connectivity index (χ0n) is 10.8. The molecule has 0 bridgehead atoms. The fourth-order valence-corrected chi connectivity index (χ4v) is 1.83. The third kappa shape index (κ3) is 3.09. The van der Waals surface area contributed by atoms with Crippen molar-refractivity contribution in [3.63, 3.8) is 0 Å². The summed E-state index contributed by atoms with van der Waals surface area (Å²) in [5, 5.41) is 9.31. The molecule has 0 spiro atoms. The Labute approximate surface area is 115 Å². The molecule has 0 radical (unpaired) electrons. The summed E-state index contributed by atoms with van der Waals surface area (Å²) in [5.74, 6) is -2.28. The highest BCUT2D eigenvalue weighted by molar-refractivity contribution is 5.75. The summed E-state index contributed by atoms with van der Waals surface area (Å²) in [6.07, 6.45) is 2.73. The highest BCUT2D eigenvalue weighted by Crippen LogP contribution is 2.22. The van der Waals surface area contributed by atoms with E-state index in [1.54, 1.807) is 18.2 Å². The van der Waals surface area contributed by atoms with Crippen molar-refractivity contribution in [2.45, 2.75) is 12.3 Å². The lowest BCUT2D eigenvalue weighted by Gasteiger charge is -2.12. The Kier molecular flexibility index (Phi) is 4.24. The zero-order valence-corrected chi connectivity index (χ0v) is 10.8. The first kappa shape index (κ1) is 13.9. The van der Waals surface area contributed by atoms with Gasteiger partial charge in [0.15, 0.2) is 0 Å². The van der Waals surface area contributed by atoms with Gasteiger partial charge in [0.05, 0.1) is 19.0 Å². The number of benzene rings is 1. The van der Waals surface area contributed by atoms with E-state index in [2.05, 4.69) is 9.97 Å². The molecular formula is C14H13FN2O3. The van der Waals surface area contributed by atoms with Crippen LogP contribution in [0.5, 0.6) is 5.88 Å². The number of aliphatic carboxylic acids is 1. The number of aromatic nitrogens is 2. The number of halogens is 1. The van der Waals surface area contributed by atoms with Crippen LogP contribution in [-0.4, -0.2) is 28.2 Å². The lowest BCUT2D eigenvalue weighted by Crippen LogP contribution is -2.17. The van der Waals surface area contributed by atoms with Gasteiger partial charge in [-0.05, 0) is 18.1 Å². The van der Waals surface area contributed by atoms with Crippen molar-refractivity contribution in [1.29, 1.82) is 0 Å². The molecule has 104 valence electrons. The summed E-state index contributed by atoms with van der Waals surface area (Å²) >= 11 is 0. The molecule has 0 aliphatic carbocycles. The summed E-state index contributed by atoms with van der Waals surface area (Å²) in [5.41, 5.74) is 0.560. The topological polar surface area (TPSA) is 72.3 Å². The van der Waals surface area contributed by atoms with E-state index in [0.717, 1.165) is 0 Å². The number of rotatable bonds is 5. The average Bonchev–Trinajstić information content (AvgIpc) is 2.46. The standard InChI is InChI=1S/C14H13FN2O3/c1-20-13-8-16-7-12(17-13)10(14(18)19)6-9-4-2-3-5-11(9)15/h2-5,7-8,10H,6H2,1H3,(H,18,19). The molecule has 0 aliphatic heterocycles. The average molecular weight is 276 g/mol. The van der Waals surface area contributed by atoms with Gasteiger partial charge in [-0.25, -0.2) is 9.37 Å². The Bertz CT molecular complexity index is 619. The second-order valence-electron chi connectivity index (χ2n) is 4.17. The summed E-state index contributed by atoms with van der Waals surface area (Å²) < 4.78 is 18.5. The zero-order chi connectivity index (χ0) is 14.5. The maximum atomic E-state index is 13.6. The minimum Gasteiger partial charge on any atom is -0.481 e. The van der Waals surface area contributed by atoms with Crippen LogP contribution in [0.1, 0.15) is 17.2 Å². The fraction of sp³-hybridized carbons (Fsp3) is 0.214. The van der Waals surface area contributed by atoms with Crippen LogP contribution in [0.4, 0.5) is 4.39 Å². The van der Waals surface area contributed by atoms with E-state index in [-0.39, 0.29) is 18.0 Å². The van der Waals surface area contributed by atoms with Gasteiger partial charge in [-0.2, -0.15) is 0 Å². The van der Waals surface area contributed by atoms with Gasteiger partial charge in [0.1, 0.15) is 11.7 Å². The Morgan fingerprint density at radius 3 is 2.80 bits per heavy atom. The molecule has 0 saturated carbocycles. The molecule has 0 amide bonds. The van der Waals surface area contributed by atoms with E-state index < -0.39 is 17.7 Å². The molecule has 0 aliphatic rings. The fourth-order valence-electron chi connectivity index (χ4n) is 1.83. The molecule has 0 fully saturated rings. The first-order chi connectivity index (χ1) is 9.61. The monoisotopic (exact) mass is 276 g/mol. The molecule has 1 N–H and O–H groups in total. The van der Waals surface area contributed by atoms with Crippen LogP contribution in [-0.2, 0) is 11.2 Å². The van der Waals surface area contributed by atoms with E-state index in [9.17, 15) is 14.3 Å². The smallest absolute Gasteiger partial charge is 0.312 e. The maximum Gasteiger partial charge on any atom is 0.312 e. The van der Waals surface area contributed by atoms with Crippen molar-refractivity contribution >= 4 is 5.97 Å². The molecular weight excluding hydrogens is 263 g/mol. The van der Waals surface area contributed by atoms with Crippen LogP contribution in [0.3, 0.4) is 0 Å². The second kappa shape index (κ2) is 6.10. The molecule has 1 unspecified atom stereocenters. The first-order valence-corrected chi connectivity index (χ1v) is 5.94. The van der Waals surface area contributed by atoms with Crippen molar-refractivity contribution in [3.05, 3.63) is 53.7 Å². The van der Waals surface area contributed by atoms with Gasteiger partial charge in [0, 0.05) is 6.20 Å². The van der Waals surface area contributed by atoms with E-state index >= 15 is 0 Å². The summed E-state index contributed by atoms with van der Waals surface area (Å²) in [6.45, 7) is 0. The lowest BCUT2D eigenvalue weighted by atomic mass is 9.96. The predicted molar refractivity (Wildman–Crippen MR) is 69.1 cm³/mol. The van der Waals surface area contributed by atoms with Crippen LogP contribution in [0.2, 0.25) is 0 Å². The van der Waals surface area contributed by atoms with E-state index in [1.165, 1.54) is 25.6 Å². The second-order valence-corrected chi connectivity index (χ2v) is 4.17. The van der Waals surface area contributed by atoms with Gasteiger partial charge in [-0.15, -0.1) is 0 Å². The lowest BCUT2D eigenvalue weighted by molar-refractivity contribution is -0.138. The van der Waals surface area contributed by atoms with Crippen molar-refractivity contribution in [2.24, 2.45) is 0 Å². The molecule has 1 aromatic heterocycles. The number of carboxylic acids is 1. The summed E-state index contributed by atoms with van der Waals surface area (Å²) in [6, 6.07) is 6.07. The van der Waals surface area contributed by atoms with Crippen LogP contribution >= 0.6 is 0 Å². The molecule has 0 saturated heterocycles. The number of carbonyl (C=O) groups is 1. The van der Waals surface area contributed by atoms with E-state index in [4.69, 9.17) is 4.74 Å². The highest BCUT2D eigenvalue weighted by atomic mass is 19.1. The third-order valence-corrected chi connectivity index (χ3v) is 2.88. The van der Waals surface area contributed by atoms with Gasteiger partial charge in [-0.3, -0.25) is 9.78 Å². The van der Waals surface area contributed by atoms with Gasteiger partial charge in [-0.1, -0.05) is 18.2 Å². The molecule has 6 heteroatoms. The Hall–Kier alpha value is -2.50. The molecule has 1 atom stereocenters. The molecule has 5 nitrogen and oxygen atoms in total. The summed E-state index contributed by atoms with van der Waals surface area (Å²) in [7, 11) is 1.42. The Balaban J connectivity index is 2.32. The van der Waals surface area contributed by atoms with Gasteiger partial charge >= 0.3 is 5.97 Å². The maximum absolute atomic E-state index is 13.6. The number of hydrogen-bond donors (Lipinski definition) is 1. The van der Waals surface area contributed by atoms with E-state index in [0.29, 0.717) is 5.56 Å². The minimum atomic E-state index is -1.09. The normalized spacial score (nSPS) is 11.9. The largest absolute Gasteiger partial charge is 0.481 e. The molecule has 1 aromatic carbocycles. The third-order valence-electron chi connectivity index (χ3n) is 2.88. The van der Waals surface area contributed by atoms with Gasteiger partial charge in [0.25, 0.3) is 0 Å². The van der Waals surface area contributed by atoms with Crippen molar-refractivity contribution in [2.75, 3.05) is 7.11 Å². The van der Waals surface area contributed by atoms with Crippen molar-refractivity contribution in [1.82, 2.24) is 9.97 Å². The van der Waals surface area contributed by atoms with Gasteiger partial charge < -0.3 is 9.84 Å². The quantitative estimate of drug-likeness (QED) is 0.904. The van der Waals surface area contributed by atoms with Crippen molar-refractivity contribution < 1.29 is 19.0 Å².